The number of halogens is 3. The molecule has 1 heterocycles. The zero-order valence-corrected chi connectivity index (χ0v) is 12.2. The molecule has 0 radical (unpaired) electrons. The van der Waals surface area contributed by atoms with Crippen LogP contribution in [0.15, 0.2) is 24.3 Å². The van der Waals surface area contributed by atoms with Crippen LogP contribution in [-0.2, 0) is 0 Å². The molecule has 0 aliphatic carbocycles. The van der Waals surface area contributed by atoms with E-state index in [-0.39, 0.29) is 37.5 Å². The van der Waals surface area contributed by atoms with Crippen molar-refractivity contribution in [3.8, 4) is 0 Å². The molecule has 1 aliphatic rings. The summed E-state index contributed by atoms with van der Waals surface area (Å²) in [7, 11) is 0. The summed E-state index contributed by atoms with van der Waals surface area (Å²) in [5.41, 5.74) is 2.32. The van der Waals surface area contributed by atoms with Gasteiger partial charge in [0.25, 0.3) is 0 Å². The summed E-state index contributed by atoms with van der Waals surface area (Å²) in [6.07, 6.45) is 0. The van der Waals surface area contributed by atoms with Gasteiger partial charge in [0, 0.05) is 26.2 Å². The molecule has 0 amide bonds. The molecular weight excluding hydrogens is 274 g/mol. The van der Waals surface area contributed by atoms with E-state index in [1.165, 1.54) is 5.56 Å². The second-order valence-electron chi connectivity index (χ2n) is 4.37. The van der Waals surface area contributed by atoms with E-state index in [1.807, 2.05) is 12.1 Å². The Hall–Kier alpha value is -0.350. The number of alkyl halides is 1. The van der Waals surface area contributed by atoms with Crippen LogP contribution in [0, 0.1) is 6.92 Å². The van der Waals surface area contributed by atoms with E-state index >= 15 is 0 Å². The van der Waals surface area contributed by atoms with Gasteiger partial charge >= 0.3 is 0 Å². The highest BCUT2D eigenvalue weighted by Gasteiger charge is 2.21. The molecule has 0 spiro atoms. The smallest absolute Gasteiger partial charge is 0.109 e. The SMILES string of the molecule is Cc1ccc([C@H](CF)N2CCNCC2)cc1.Cl.Cl. The predicted molar refractivity (Wildman–Crippen MR) is 78.8 cm³/mol. The summed E-state index contributed by atoms with van der Waals surface area (Å²) in [6.45, 7) is 5.54. The third kappa shape index (κ3) is 4.39. The van der Waals surface area contributed by atoms with Crippen LogP contribution in [0.5, 0.6) is 0 Å². The maximum absolute atomic E-state index is 13.2. The van der Waals surface area contributed by atoms with Crippen LogP contribution in [-0.4, -0.2) is 37.8 Å². The van der Waals surface area contributed by atoms with Crippen molar-refractivity contribution in [2.24, 2.45) is 0 Å². The van der Waals surface area contributed by atoms with E-state index in [2.05, 4.69) is 29.3 Å². The van der Waals surface area contributed by atoms with Gasteiger partial charge in [-0.15, -0.1) is 24.8 Å². The maximum Gasteiger partial charge on any atom is 0.109 e. The van der Waals surface area contributed by atoms with Crippen LogP contribution in [0.2, 0.25) is 0 Å². The molecule has 1 aromatic carbocycles. The lowest BCUT2D eigenvalue weighted by Crippen LogP contribution is -2.45. The van der Waals surface area contributed by atoms with E-state index in [1.54, 1.807) is 0 Å². The van der Waals surface area contributed by atoms with Crippen LogP contribution in [0.4, 0.5) is 4.39 Å². The Labute approximate surface area is 121 Å². The Morgan fingerprint density at radius 1 is 1.17 bits per heavy atom. The first-order valence-electron chi connectivity index (χ1n) is 5.88. The normalized spacial score (nSPS) is 17.4. The topological polar surface area (TPSA) is 15.3 Å². The third-order valence-corrected chi connectivity index (χ3v) is 3.20. The van der Waals surface area contributed by atoms with Gasteiger partial charge in [0.1, 0.15) is 6.67 Å². The molecule has 0 bridgehead atoms. The van der Waals surface area contributed by atoms with Crippen molar-refractivity contribution < 1.29 is 4.39 Å². The zero-order chi connectivity index (χ0) is 11.4. The highest BCUT2D eigenvalue weighted by Crippen LogP contribution is 2.21. The van der Waals surface area contributed by atoms with Crippen molar-refractivity contribution in [1.82, 2.24) is 10.2 Å². The lowest BCUT2D eigenvalue weighted by Gasteiger charge is -2.33. The summed E-state index contributed by atoms with van der Waals surface area (Å²) in [5.74, 6) is 0. The van der Waals surface area contributed by atoms with Crippen LogP contribution >= 0.6 is 24.8 Å². The second kappa shape index (κ2) is 8.70. The average Bonchev–Trinajstić information content (AvgIpc) is 2.34. The first-order chi connectivity index (χ1) is 7.81. The Bertz CT molecular complexity index is 326. The lowest BCUT2D eigenvalue weighted by atomic mass is 10.0. The van der Waals surface area contributed by atoms with Gasteiger partial charge in [-0.25, -0.2) is 4.39 Å². The minimum atomic E-state index is -0.303. The molecule has 0 unspecified atom stereocenters. The van der Waals surface area contributed by atoms with Crippen molar-refractivity contribution in [3.63, 3.8) is 0 Å². The monoisotopic (exact) mass is 294 g/mol. The summed E-state index contributed by atoms with van der Waals surface area (Å²) >= 11 is 0. The van der Waals surface area contributed by atoms with Gasteiger partial charge in [-0.2, -0.15) is 0 Å². The zero-order valence-electron chi connectivity index (χ0n) is 10.6. The fourth-order valence-electron chi connectivity index (χ4n) is 2.18. The fraction of sp³-hybridized carbons (Fsp3) is 0.538. The van der Waals surface area contributed by atoms with Gasteiger partial charge in [0.2, 0.25) is 0 Å². The largest absolute Gasteiger partial charge is 0.314 e. The molecule has 1 saturated heterocycles. The molecule has 2 rings (SSSR count). The van der Waals surface area contributed by atoms with Crippen LogP contribution in [0.25, 0.3) is 0 Å². The summed E-state index contributed by atoms with van der Waals surface area (Å²) in [6, 6.07) is 8.13. The molecule has 1 aromatic rings. The number of benzene rings is 1. The highest BCUT2D eigenvalue weighted by molar-refractivity contribution is 5.85. The summed E-state index contributed by atoms with van der Waals surface area (Å²) < 4.78 is 13.2. The first-order valence-corrected chi connectivity index (χ1v) is 5.88. The first kappa shape index (κ1) is 17.6. The Balaban J connectivity index is 0.00000144. The van der Waals surface area contributed by atoms with Crippen LogP contribution < -0.4 is 5.32 Å². The predicted octanol–water partition coefficient (Wildman–Crippen LogP) is 2.75. The van der Waals surface area contributed by atoms with Crippen LogP contribution in [0.3, 0.4) is 0 Å². The molecule has 1 atom stereocenters. The second-order valence-corrected chi connectivity index (χ2v) is 4.37. The quantitative estimate of drug-likeness (QED) is 0.922. The van der Waals surface area contributed by atoms with Gasteiger partial charge in [-0.1, -0.05) is 29.8 Å². The van der Waals surface area contributed by atoms with E-state index in [0.29, 0.717) is 0 Å². The number of hydrogen-bond acceptors (Lipinski definition) is 2. The van der Waals surface area contributed by atoms with Gasteiger partial charge in [-0.05, 0) is 12.5 Å². The van der Waals surface area contributed by atoms with E-state index < -0.39 is 0 Å². The number of hydrogen-bond donors (Lipinski definition) is 1. The Morgan fingerprint density at radius 3 is 2.22 bits per heavy atom. The van der Waals surface area contributed by atoms with Gasteiger partial charge in [0.05, 0.1) is 6.04 Å². The molecule has 1 aliphatic heterocycles. The van der Waals surface area contributed by atoms with Crippen molar-refractivity contribution in [2.75, 3.05) is 32.9 Å². The van der Waals surface area contributed by atoms with Gasteiger partial charge in [-0.3, -0.25) is 4.90 Å². The highest BCUT2D eigenvalue weighted by atomic mass is 35.5. The standard InChI is InChI=1S/C13H19FN2.2ClH/c1-11-2-4-12(5-3-11)13(10-14)16-8-6-15-7-9-16;;/h2-5,13,15H,6-10H2,1H3;2*1H/t13-;;/m0../s1. The minimum absolute atomic E-state index is 0. The maximum atomic E-state index is 13.2. The molecule has 2 nitrogen and oxygen atoms in total. The van der Waals surface area contributed by atoms with Crippen molar-refractivity contribution >= 4 is 24.8 Å². The van der Waals surface area contributed by atoms with E-state index in [4.69, 9.17) is 0 Å². The summed E-state index contributed by atoms with van der Waals surface area (Å²) in [5, 5.41) is 3.29. The number of nitrogens with one attached hydrogen (secondary N) is 1. The van der Waals surface area contributed by atoms with Crippen LogP contribution in [0.1, 0.15) is 17.2 Å². The summed E-state index contributed by atoms with van der Waals surface area (Å²) in [4.78, 5) is 2.22. The molecule has 0 saturated carbocycles. The number of aryl methyl sites for hydroxylation is 1. The molecule has 1 N–H and O–H groups in total. The molecular formula is C13H21Cl2FN2. The lowest BCUT2D eigenvalue weighted by molar-refractivity contribution is 0.147. The molecule has 104 valence electrons. The van der Waals surface area contributed by atoms with Crippen molar-refractivity contribution in [1.29, 1.82) is 0 Å². The number of nitrogens with zero attached hydrogens (tertiary/aromatic N) is 1. The van der Waals surface area contributed by atoms with E-state index in [0.717, 1.165) is 31.7 Å². The Morgan fingerprint density at radius 2 is 1.72 bits per heavy atom. The Kier molecular flexibility index (Phi) is 8.53. The van der Waals surface area contributed by atoms with E-state index in [9.17, 15) is 4.39 Å². The molecule has 18 heavy (non-hydrogen) atoms. The van der Waals surface area contributed by atoms with Gasteiger partial charge < -0.3 is 5.32 Å². The van der Waals surface area contributed by atoms with Crippen molar-refractivity contribution in [3.05, 3.63) is 35.4 Å². The molecule has 5 heteroatoms. The minimum Gasteiger partial charge on any atom is -0.314 e. The third-order valence-electron chi connectivity index (χ3n) is 3.20. The number of rotatable bonds is 3. The van der Waals surface area contributed by atoms with Crippen molar-refractivity contribution in [2.45, 2.75) is 13.0 Å². The van der Waals surface area contributed by atoms with Gasteiger partial charge in [0.15, 0.2) is 0 Å². The average molecular weight is 295 g/mol. The molecule has 0 aromatic heterocycles. The fourth-order valence-corrected chi connectivity index (χ4v) is 2.18. The number of piperazine rings is 1. The molecule has 1 fully saturated rings.